The van der Waals surface area contributed by atoms with Crippen molar-refractivity contribution in [3.8, 4) is 0 Å². The molecule has 0 aliphatic rings. The summed E-state index contributed by atoms with van der Waals surface area (Å²) in [5, 5.41) is 8.80. The Labute approximate surface area is 88.0 Å². The van der Waals surface area contributed by atoms with Gasteiger partial charge in [-0.2, -0.15) is 0 Å². The number of carbonyl (C=O) groups is 1. The molecule has 0 saturated heterocycles. The van der Waals surface area contributed by atoms with Crippen LogP contribution in [0, 0.1) is 6.92 Å². The lowest BCUT2D eigenvalue weighted by molar-refractivity contribution is 0.0710. The number of aryl methyl sites for hydroxylation is 1. The second-order valence-electron chi connectivity index (χ2n) is 3.03. The van der Waals surface area contributed by atoms with Crippen molar-refractivity contribution in [2.45, 2.75) is 6.92 Å². The summed E-state index contributed by atoms with van der Waals surface area (Å²) in [5.74, 6) is -0.0655. The van der Waals surface area contributed by atoms with Crippen LogP contribution in [-0.4, -0.2) is 40.6 Å². The van der Waals surface area contributed by atoms with Gasteiger partial charge in [-0.3, -0.25) is 4.79 Å². The fourth-order valence-electron chi connectivity index (χ4n) is 1.20. The Morgan fingerprint density at radius 1 is 1.80 bits per heavy atom. The fourth-order valence-corrected chi connectivity index (χ4v) is 1.20. The zero-order valence-corrected chi connectivity index (χ0v) is 8.64. The Bertz CT molecular complexity index is 346. The van der Waals surface area contributed by atoms with Gasteiger partial charge in [0.15, 0.2) is 6.39 Å². The molecule has 1 heterocycles. The molecule has 1 N–H and O–H groups in total. The van der Waals surface area contributed by atoms with Crippen LogP contribution in [0.5, 0.6) is 0 Å². The summed E-state index contributed by atoms with van der Waals surface area (Å²) in [4.78, 5) is 17.1. The zero-order chi connectivity index (χ0) is 11.3. The van der Waals surface area contributed by atoms with Gasteiger partial charge in [0.05, 0.1) is 12.3 Å². The molecule has 0 bridgehead atoms. The van der Waals surface area contributed by atoms with Crippen molar-refractivity contribution in [1.29, 1.82) is 0 Å². The summed E-state index contributed by atoms with van der Waals surface area (Å²) in [6.45, 7) is 5.78. The average Bonchev–Trinajstić information content (AvgIpc) is 2.63. The third-order valence-corrected chi connectivity index (χ3v) is 1.95. The Kier molecular flexibility index (Phi) is 4.05. The molecule has 5 heteroatoms. The first kappa shape index (κ1) is 11.5. The van der Waals surface area contributed by atoms with E-state index in [2.05, 4.69) is 11.6 Å². The van der Waals surface area contributed by atoms with E-state index in [4.69, 9.17) is 9.52 Å². The van der Waals surface area contributed by atoms with Gasteiger partial charge in [-0.1, -0.05) is 6.08 Å². The average molecular weight is 210 g/mol. The number of hydrogen-bond donors (Lipinski definition) is 1. The minimum Gasteiger partial charge on any atom is -0.438 e. The lowest BCUT2D eigenvalue weighted by Gasteiger charge is -2.18. The molecule has 5 nitrogen and oxygen atoms in total. The van der Waals surface area contributed by atoms with Crippen LogP contribution in [0.25, 0.3) is 0 Å². The highest BCUT2D eigenvalue weighted by Crippen LogP contribution is 2.08. The summed E-state index contributed by atoms with van der Waals surface area (Å²) in [7, 11) is 0. The van der Waals surface area contributed by atoms with Crippen LogP contribution in [0.3, 0.4) is 0 Å². The van der Waals surface area contributed by atoms with E-state index >= 15 is 0 Å². The van der Waals surface area contributed by atoms with Crippen LogP contribution >= 0.6 is 0 Å². The number of rotatable bonds is 5. The molecule has 0 fully saturated rings. The standard InChI is InChI=1S/C10H14N2O3/c1-3-4-12(5-6-13)10(14)9-8(2)11-7-15-9/h3,7,13H,1,4-6H2,2H3. The third-order valence-electron chi connectivity index (χ3n) is 1.95. The topological polar surface area (TPSA) is 66.6 Å². The van der Waals surface area contributed by atoms with Gasteiger partial charge < -0.3 is 14.4 Å². The lowest BCUT2D eigenvalue weighted by Crippen LogP contribution is -2.33. The Morgan fingerprint density at radius 3 is 3.00 bits per heavy atom. The van der Waals surface area contributed by atoms with E-state index in [0.29, 0.717) is 12.2 Å². The molecule has 0 aromatic carbocycles. The molecular weight excluding hydrogens is 196 g/mol. The lowest BCUT2D eigenvalue weighted by atomic mass is 10.3. The van der Waals surface area contributed by atoms with Crippen molar-refractivity contribution in [3.05, 3.63) is 30.5 Å². The predicted molar refractivity (Wildman–Crippen MR) is 54.4 cm³/mol. The molecule has 1 amide bonds. The number of hydrogen-bond acceptors (Lipinski definition) is 4. The van der Waals surface area contributed by atoms with Gasteiger partial charge >= 0.3 is 0 Å². The van der Waals surface area contributed by atoms with Crippen LogP contribution in [0.1, 0.15) is 16.2 Å². The van der Waals surface area contributed by atoms with Crippen LogP contribution in [0.15, 0.2) is 23.5 Å². The zero-order valence-electron chi connectivity index (χ0n) is 8.64. The maximum absolute atomic E-state index is 11.8. The van der Waals surface area contributed by atoms with Crippen molar-refractivity contribution in [2.24, 2.45) is 0 Å². The summed E-state index contributed by atoms with van der Waals surface area (Å²) in [5.41, 5.74) is 0.548. The molecule has 0 aliphatic heterocycles. The highest BCUT2D eigenvalue weighted by molar-refractivity contribution is 5.92. The van der Waals surface area contributed by atoms with E-state index < -0.39 is 0 Å². The van der Waals surface area contributed by atoms with Gasteiger partial charge in [0.25, 0.3) is 5.91 Å². The van der Waals surface area contributed by atoms with Crippen LogP contribution in [0.4, 0.5) is 0 Å². The van der Waals surface area contributed by atoms with E-state index in [1.165, 1.54) is 11.3 Å². The number of aliphatic hydroxyl groups excluding tert-OH is 1. The number of amides is 1. The van der Waals surface area contributed by atoms with Crippen molar-refractivity contribution in [1.82, 2.24) is 9.88 Å². The second-order valence-corrected chi connectivity index (χ2v) is 3.03. The van der Waals surface area contributed by atoms with E-state index in [9.17, 15) is 4.79 Å². The Morgan fingerprint density at radius 2 is 2.53 bits per heavy atom. The number of carbonyl (C=O) groups excluding carboxylic acids is 1. The molecule has 1 aromatic rings. The van der Waals surface area contributed by atoms with E-state index in [0.717, 1.165) is 0 Å². The molecule has 0 spiro atoms. The monoisotopic (exact) mass is 210 g/mol. The van der Waals surface area contributed by atoms with Crippen molar-refractivity contribution in [3.63, 3.8) is 0 Å². The van der Waals surface area contributed by atoms with Crippen LogP contribution in [-0.2, 0) is 0 Å². The van der Waals surface area contributed by atoms with Gasteiger partial charge in [-0.25, -0.2) is 4.98 Å². The number of nitrogens with zero attached hydrogens (tertiary/aromatic N) is 2. The molecule has 1 aromatic heterocycles. The number of oxazole rings is 1. The highest BCUT2D eigenvalue weighted by Gasteiger charge is 2.19. The Hall–Kier alpha value is -1.62. The normalized spacial score (nSPS) is 10.0. The summed E-state index contributed by atoms with van der Waals surface area (Å²) in [6.07, 6.45) is 2.83. The maximum Gasteiger partial charge on any atom is 0.291 e. The largest absolute Gasteiger partial charge is 0.438 e. The van der Waals surface area contributed by atoms with Crippen LogP contribution < -0.4 is 0 Å². The van der Waals surface area contributed by atoms with Crippen LogP contribution in [0.2, 0.25) is 0 Å². The van der Waals surface area contributed by atoms with Gasteiger partial charge in [0.1, 0.15) is 0 Å². The Balaban J connectivity index is 2.80. The minimum atomic E-state index is -0.279. The molecule has 0 unspecified atom stereocenters. The smallest absolute Gasteiger partial charge is 0.291 e. The van der Waals surface area contributed by atoms with Crippen molar-refractivity contribution >= 4 is 5.91 Å². The van der Waals surface area contributed by atoms with Crippen molar-refractivity contribution in [2.75, 3.05) is 19.7 Å². The summed E-state index contributed by atoms with van der Waals surface area (Å²) >= 11 is 0. The first-order valence-electron chi connectivity index (χ1n) is 4.61. The molecule has 15 heavy (non-hydrogen) atoms. The molecule has 0 saturated carbocycles. The molecule has 0 aliphatic carbocycles. The third kappa shape index (κ3) is 2.66. The van der Waals surface area contributed by atoms with Crippen molar-refractivity contribution < 1.29 is 14.3 Å². The van der Waals surface area contributed by atoms with Gasteiger partial charge in [0, 0.05) is 13.1 Å². The van der Waals surface area contributed by atoms with E-state index in [-0.39, 0.29) is 24.8 Å². The fraction of sp³-hybridized carbons (Fsp3) is 0.400. The SMILES string of the molecule is C=CCN(CCO)C(=O)c1ocnc1C. The van der Waals surface area contributed by atoms with Gasteiger partial charge in [-0.15, -0.1) is 6.58 Å². The predicted octanol–water partition coefficient (Wildman–Crippen LogP) is 0.604. The second kappa shape index (κ2) is 5.31. The number of aliphatic hydroxyl groups is 1. The molecule has 0 atom stereocenters. The minimum absolute atomic E-state index is 0.0905. The first-order valence-corrected chi connectivity index (χ1v) is 4.61. The van der Waals surface area contributed by atoms with Gasteiger partial charge in [-0.05, 0) is 6.92 Å². The summed E-state index contributed by atoms with van der Waals surface area (Å²) in [6, 6.07) is 0. The molecule has 1 rings (SSSR count). The quantitative estimate of drug-likeness (QED) is 0.723. The number of aromatic nitrogens is 1. The van der Waals surface area contributed by atoms with E-state index in [1.807, 2.05) is 0 Å². The summed E-state index contributed by atoms with van der Waals surface area (Å²) < 4.78 is 4.98. The molecular formula is C10H14N2O3. The highest BCUT2D eigenvalue weighted by atomic mass is 16.3. The molecule has 0 radical (unpaired) electrons. The first-order chi connectivity index (χ1) is 7.20. The van der Waals surface area contributed by atoms with Gasteiger partial charge in [0.2, 0.25) is 5.76 Å². The maximum atomic E-state index is 11.8. The van der Waals surface area contributed by atoms with E-state index in [1.54, 1.807) is 13.0 Å². The molecule has 82 valence electrons.